The third-order valence-corrected chi connectivity index (χ3v) is 2.02. The van der Waals surface area contributed by atoms with Gasteiger partial charge in [0.1, 0.15) is 5.56 Å². The van der Waals surface area contributed by atoms with E-state index in [1.165, 1.54) is 0 Å². The molecule has 2 rings (SSSR count). The molecule has 76 valence electrons. The molecule has 0 atom stereocenters. The number of aromatic nitrogens is 2. The number of hydrogen-bond acceptors (Lipinski definition) is 3. The Hall–Kier alpha value is -2.30. The van der Waals surface area contributed by atoms with Gasteiger partial charge in [-0.3, -0.25) is 5.10 Å². The summed E-state index contributed by atoms with van der Waals surface area (Å²) < 4.78 is 0. The Bertz CT molecular complexity index is 491. The highest BCUT2D eigenvalue weighted by atomic mass is 16.4. The van der Waals surface area contributed by atoms with Crippen LogP contribution in [0.25, 0.3) is 11.3 Å². The van der Waals surface area contributed by atoms with E-state index in [1.54, 1.807) is 24.3 Å². The first-order chi connectivity index (χ1) is 7.20. The zero-order valence-electron chi connectivity index (χ0n) is 7.64. The monoisotopic (exact) mass is 204 g/mol. The van der Waals surface area contributed by atoms with Crippen molar-refractivity contribution < 1.29 is 15.0 Å². The van der Waals surface area contributed by atoms with Crippen molar-refractivity contribution >= 4 is 5.97 Å². The van der Waals surface area contributed by atoms with Crippen LogP contribution in [-0.4, -0.2) is 26.4 Å². The lowest BCUT2D eigenvalue weighted by atomic mass is 10.1. The molecule has 1 aromatic heterocycles. The number of carboxylic acid groups (broad SMARTS) is 1. The summed E-state index contributed by atoms with van der Waals surface area (Å²) in [7, 11) is 0. The molecule has 0 radical (unpaired) electrons. The zero-order valence-corrected chi connectivity index (χ0v) is 7.64. The van der Waals surface area contributed by atoms with E-state index in [2.05, 4.69) is 10.2 Å². The number of aromatic carboxylic acids is 1. The summed E-state index contributed by atoms with van der Waals surface area (Å²) >= 11 is 0. The maximum atomic E-state index is 10.9. The lowest BCUT2D eigenvalue weighted by Gasteiger charge is -1.98. The Morgan fingerprint density at radius 2 is 1.93 bits per heavy atom. The number of hydrogen-bond donors (Lipinski definition) is 3. The van der Waals surface area contributed by atoms with Crippen molar-refractivity contribution in [3.8, 4) is 17.1 Å². The number of H-pyrrole nitrogens is 1. The van der Waals surface area contributed by atoms with Gasteiger partial charge in [0.25, 0.3) is 0 Å². The van der Waals surface area contributed by atoms with E-state index in [0.717, 1.165) is 0 Å². The predicted octanol–water partition coefficient (Wildman–Crippen LogP) is 1.48. The van der Waals surface area contributed by atoms with Crippen LogP contribution in [0.15, 0.2) is 30.3 Å². The van der Waals surface area contributed by atoms with Gasteiger partial charge in [-0.05, 0) is 0 Å². The number of nitrogens with zero attached hydrogens (tertiary/aromatic N) is 1. The minimum absolute atomic E-state index is 0.207. The smallest absolute Gasteiger partial charge is 0.343 e. The van der Waals surface area contributed by atoms with Crippen LogP contribution in [0.2, 0.25) is 0 Å². The Kier molecular flexibility index (Phi) is 2.13. The van der Waals surface area contributed by atoms with Gasteiger partial charge in [0.15, 0.2) is 0 Å². The van der Waals surface area contributed by atoms with Crippen LogP contribution >= 0.6 is 0 Å². The summed E-state index contributed by atoms with van der Waals surface area (Å²) in [6.07, 6.45) is 0. The Morgan fingerprint density at radius 1 is 1.27 bits per heavy atom. The van der Waals surface area contributed by atoms with E-state index >= 15 is 0 Å². The first-order valence-corrected chi connectivity index (χ1v) is 4.26. The van der Waals surface area contributed by atoms with Crippen LogP contribution < -0.4 is 0 Å². The fourth-order valence-corrected chi connectivity index (χ4v) is 1.35. The predicted molar refractivity (Wildman–Crippen MR) is 52.6 cm³/mol. The number of carbonyl (C=O) groups is 1. The molecule has 5 nitrogen and oxygen atoms in total. The molecular weight excluding hydrogens is 196 g/mol. The molecule has 1 aromatic carbocycles. The molecule has 0 aliphatic heterocycles. The second-order valence-corrected chi connectivity index (χ2v) is 2.97. The van der Waals surface area contributed by atoms with Gasteiger partial charge in [-0.1, -0.05) is 30.3 Å². The van der Waals surface area contributed by atoms with E-state index in [9.17, 15) is 9.90 Å². The van der Waals surface area contributed by atoms with Crippen molar-refractivity contribution in [1.29, 1.82) is 0 Å². The Morgan fingerprint density at radius 3 is 2.53 bits per heavy atom. The van der Waals surface area contributed by atoms with Crippen molar-refractivity contribution in [1.82, 2.24) is 10.2 Å². The van der Waals surface area contributed by atoms with E-state index in [0.29, 0.717) is 11.3 Å². The van der Waals surface area contributed by atoms with E-state index in [-0.39, 0.29) is 5.56 Å². The van der Waals surface area contributed by atoms with Crippen molar-refractivity contribution in [2.24, 2.45) is 0 Å². The third kappa shape index (κ3) is 1.54. The normalized spacial score (nSPS) is 10.1. The second kappa shape index (κ2) is 3.45. The van der Waals surface area contributed by atoms with Crippen molar-refractivity contribution in [3.05, 3.63) is 35.9 Å². The molecule has 0 unspecified atom stereocenters. The number of nitrogens with one attached hydrogen (secondary N) is 1. The topological polar surface area (TPSA) is 86.2 Å². The maximum Gasteiger partial charge on any atom is 0.343 e. The highest BCUT2D eigenvalue weighted by Crippen LogP contribution is 2.26. The lowest BCUT2D eigenvalue weighted by molar-refractivity contribution is 0.0694. The molecule has 3 N–H and O–H groups in total. The van der Waals surface area contributed by atoms with Crippen molar-refractivity contribution in [2.45, 2.75) is 0 Å². The summed E-state index contributed by atoms with van der Waals surface area (Å²) in [6, 6.07) is 8.84. The van der Waals surface area contributed by atoms with Gasteiger partial charge >= 0.3 is 5.97 Å². The van der Waals surface area contributed by atoms with Crippen LogP contribution in [0, 0.1) is 0 Å². The first-order valence-electron chi connectivity index (χ1n) is 4.26. The molecule has 15 heavy (non-hydrogen) atoms. The summed E-state index contributed by atoms with van der Waals surface area (Å²) in [5.41, 5.74) is 0.768. The largest absolute Gasteiger partial charge is 0.492 e. The minimum atomic E-state index is -1.21. The van der Waals surface area contributed by atoms with Gasteiger partial charge in [-0.25, -0.2) is 4.79 Å². The molecular formula is C10H8N2O3. The molecule has 0 saturated carbocycles. The summed E-state index contributed by atoms with van der Waals surface area (Å²) in [5, 5.41) is 24.1. The van der Waals surface area contributed by atoms with Crippen molar-refractivity contribution in [2.75, 3.05) is 0 Å². The summed E-state index contributed by atoms with van der Waals surface area (Å²) in [6.45, 7) is 0. The van der Waals surface area contributed by atoms with E-state index < -0.39 is 11.8 Å². The molecule has 0 aliphatic rings. The second-order valence-electron chi connectivity index (χ2n) is 2.97. The van der Waals surface area contributed by atoms with Crippen LogP contribution in [0.1, 0.15) is 10.4 Å². The molecule has 1 heterocycles. The fourth-order valence-electron chi connectivity index (χ4n) is 1.35. The van der Waals surface area contributed by atoms with E-state index in [4.69, 9.17) is 5.11 Å². The molecule has 0 spiro atoms. The van der Waals surface area contributed by atoms with Crippen LogP contribution in [0.4, 0.5) is 0 Å². The Balaban J connectivity index is 2.59. The molecule has 0 fully saturated rings. The van der Waals surface area contributed by atoms with Gasteiger partial charge in [0.05, 0.1) is 5.69 Å². The number of aromatic hydroxyl groups is 1. The highest BCUT2D eigenvalue weighted by Gasteiger charge is 2.19. The average Bonchev–Trinajstić information content (AvgIpc) is 2.61. The summed E-state index contributed by atoms with van der Waals surface area (Å²) in [5.74, 6) is -1.71. The quantitative estimate of drug-likeness (QED) is 0.691. The van der Waals surface area contributed by atoms with Gasteiger partial charge in [0.2, 0.25) is 5.88 Å². The first kappa shape index (κ1) is 9.26. The number of aromatic amines is 1. The van der Waals surface area contributed by atoms with Gasteiger partial charge in [0, 0.05) is 5.56 Å². The molecule has 0 amide bonds. The molecule has 0 aliphatic carbocycles. The van der Waals surface area contributed by atoms with Crippen LogP contribution in [0.5, 0.6) is 5.88 Å². The standard InChI is InChI=1S/C10H8N2O3/c13-9-7(10(14)15)8(11-12-9)6-4-2-1-3-5-6/h1-5H,(H,14,15)(H2,11,12,13). The van der Waals surface area contributed by atoms with E-state index in [1.807, 2.05) is 6.07 Å². The molecule has 5 heteroatoms. The zero-order chi connectivity index (χ0) is 10.8. The van der Waals surface area contributed by atoms with Gasteiger partial charge in [-0.2, -0.15) is 0 Å². The van der Waals surface area contributed by atoms with Gasteiger partial charge in [-0.15, -0.1) is 5.10 Å². The molecule has 0 saturated heterocycles. The Labute approximate surface area is 85.0 Å². The number of carboxylic acids is 1. The lowest BCUT2D eigenvalue weighted by Crippen LogP contribution is -1.97. The number of benzene rings is 1. The van der Waals surface area contributed by atoms with Crippen LogP contribution in [-0.2, 0) is 0 Å². The average molecular weight is 204 g/mol. The maximum absolute atomic E-state index is 10.9. The third-order valence-electron chi connectivity index (χ3n) is 2.02. The fraction of sp³-hybridized carbons (Fsp3) is 0. The SMILES string of the molecule is O=C(O)c1c(O)n[nH]c1-c1ccccc1. The summed E-state index contributed by atoms with van der Waals surface area (Å²) in [4.78, 5) is 10.9. The highest BCUT2D eigenvalue weighted by molar-refractivity contribution is 5.97. The number of rotatable bonds is 2. The van der Waals surface area contributed by atoms with Crippen LogP contribution in [0.3, 0.4) is 0 Å². The molecule has 0 bridgehead atoms. The minimum Gasteiger partial charge on any atom is -0.492 e. The molecule has 2 aromatic rings. The van der Waals surface area contributed by atoms with Gasteiger partial charge < -0.3 is 10.2 Å². The van der Waals surface area contributed by atoms with Crippen molar-refractivity contribution in [3.63, 3.8) is 0 Å².